The summed E-state index contributed by atoms with van der Waals surface area (Å²) in [5, 5.41) is 10.6. The van der Waals surface area contributed by atoms with Crippen molar-refractivity contribution in [1.82, 2.24) is 9.97 Å². The van der Waals surface area contributed by atoms with Crippen LogP contribution in [-0.2, 0) is 0 Å². The van der Waals surface area contributed by atoms with Gasteiger partial charge in [-0.15, -0.1) is 0 Å². The number of rotatable bonds is 3. The summed E-state index contributed by atoms with van der Waals surface area (Å²) >= 11 is 6.88. The average Bonchev–Trinajstić information content (AvgIpc) is 3.50. The van der Waals surface area contributed by atoms with Gasteiger partial charge in [0.15, 0.2) is 11.2 Å². The van der Waals surface area contributed by atoms with E-state index in [1.807, 2.05) is 62.4 Å². The molecule has 0 saturated carbocycles. The maximum atomic E-state index is 10.6. The zero-order valence-corrected chi connectivity index (χ0v) is 23.4. The molecule has 0 aliphatic carbocycles. The van der Waals surface area contributed by atoms with Gasteiger partial charge in [0.25, 0.3) is 5.69 Å². The Morgan fingerprint density at radius 3 is 1.58 bits per heavy atom. The zero-order valence-electron chi connectivity index (χ0n) is 20.2. The first-order chi connectivity index (χ1) is 18.2. The van der Waals surface area contributed by atoms with Gasteiger partial charge in [-0.3, -0.25) is 10.1 Å². The topological polar surface area (TPSA) is 121 Å². The lowest BCUT2D eigenvalue weighted by Gasteiger charge is -1.96. The monoisotopic (exact) mass is 634 g/mol. The molecule has 0 saturated heterocycles. The maximum Gasteiger partial charge on any atom is 0.269 e. The van der Waals surface area contributed by atoms with Crippen LogP contribution in [0.4, 0.5) is 11.4 Å². The number of aromatic nitrogens is 2. The lowest BCUT2D eigenvalue weighted by atomic mass is 10.2. The van der Waals surface area contributed by atoms with E-state index in [4.69, 9.17) is 14.6 Å². The molecule has 190 valence electrons. The maximum absolute atomic E-state index is 10.6. The van der Waals surface area contributed by atoms with Crippen LogP contribution in [0, 0.1) is 24.0 Å². The molecule has 0 amide bonds. The van der Waals surface area contributed by atoms with Gasteiger partial charge in [-0.25, -0.2) is 9.97 Å². The Morgan fingerprint density at radius 2 is 1.16 bits per heavy atom. The van der Waals surface area contributed by atoms with Crippen molar-refractivity contribution in [2.45, 2.75) is 13.8 Å². The second-order valence-electron chi connectivity index (χ2n) is 8.61. The highest BCUT2D eigenvalue weighted by atomic mass is 79.9. The summed E-state index contributed by atoms with van der Waals surface area (Å²) in [6.07, 6.45) is 0. The number of nitro groups is 1. The summed E-state index contributed by atoms with van der Waals surface area (Å²) in [4.78, 5) is 19.1. The van der Waals surface area contributed by atoms with Gasteiger partial charge in [-0.05, 0) is 85.6 Å². The van der Waals surface area contributed by atoms with Crippen molar-refractivity contribution in [3.05, 3.63) is 103 Å². The van der Waals surface area contributed by atoms with E-state index >= 15 is 0 Å². The Hall–Kier alpha value is -4.02. The van der Waals surface area contributed by atoms with Crippen molar-refractivity contribution in [3.63, 3.8) is 0 Å². The Balaban J connectivity index is 0.000000156. The van der Waals surface area contributed by atoms with Gasteiger partial charge in [0.05, 0.1) is 4.92 Å². The second-order valence-corrected chi connectivity index (χ2v) is 10.4. The van der Waals surface area contributed by atoms with Crippen molar-refractivity contribution in [3.8, 4) is 22.9 Å². The van der Waals surface area contributed by atoms with E-state index in [1.165, 1.54) is 12.1 Å². The van der Waals surface area contributed by atoms with E-state index in [-0.39, 0.29) is 5.69 Å². The first-order valence-corrected chi connectivity index (χ1v) is 13.0. The van der Waals surface area contributed by atoms with Crippen LogP contribution in [0.25, 0.3) is 45.1 Å². The molecule has 0 aliphatic rings. The third-order valence-electron chi connectivity index (χ3n) is 5.76. The van der Waals surface area contributed by atoms with E-state index in [9.17, 15) is 10.1 Å². The van der Waals surface area contributed by atoms with Crippen LogP contribution in [0.15, 0.2) is 90.6 Å². The van der Waals surface area contributed by atoms with E-state index in [0.717, 1.165) is 53.5 Å². The number of nitrogens with zero attached hydrogens (tertiary/aromatic N) is 3. The summed E-state index contributed by atoms with van der Waals surface area (Å²) in [5.41, 5.74) is 13.3. The van der Waals surface area contributed by atoms with Gasteiger partial charge in [-0.1, -0.05) is 31.9 Å². The number of non-ortho nitro benzene ring substituents is 1. The lowest BCUT2D eigenvalue weighted by molar-refractivity contribution is -0.384. The number of nitro benzene ring substituents is 1. The number of benzene rings is 4. The first kappa shape index (κ1) is 25.6. The largest absolute Gasteiger partial charge is 0.436 e. The van der Waals surface area contributed by atoms with Crippen LogP contribution in [0.5, 0.6) is 0 Å². The smallest absolute Gasteiger partial charge is 0.269 e. The molecule has 4 aromatic carbocycles. The molecule has 8 nitrogen and oxygen atoms in total. The van der Waals surface area contributed by atoms with Gasteiger partial charge < -0.3 is 14.6 Å². The Bertz CT molecular complexity index is 1790. The third kappa shape index (κ3) is 5.32. The first-order valence-electron chi connectivity index (χ1n) is 11.4. The third-order valence-corrected chi connectivity index (χ3v) is 6.68. The van der Waals surface area contributed by atoms with Gasteiger partial charge >= 0.3 is 0 Å². The van der Waals surface area contributed by atoms with Gasteiger partial charge in [0.1, 0.15) is 11.0 Å². The number of hydrogen-bond donors (Lipinski definition) is 1. The molecule has 0 bridgehead atoms. The zero-order chi connectivity index (χ0) is 27.0. The van der Waals surface area contributed by atoms with E-state index in [1.54, 1.807) is 12.1 Å². The standard InChI is InChI=1S/C14H9BrN2O3.C14H11BrN2O/c1-8-6-10(15)7-12-13(8)20-14(16-12)9-2-4-11(5-3-9)17(18)19;1-8-6-10(15)7-12-13(8)18-14(17-12)9-2-4-11(16)5-3-9/h2-7H,1H3;2-7H,16H2,1H3. The Labute approximate surface area is 233 Å². The van der Waals surface area contributed by atoms with E-state index in [2.05, 4.69) is 41.8 Å². The molecule has 0 spiro atoms. The minimum atomic E-state index is -0.433. The van der Waals surface area contributed by atoms with Crippen molar-refractivity contribution in [1.29, 1.82) is 0 Å². The predicted octanol–water partition coefficient (Wildman–Crippen LogP) is 8.62. The number of fused-ring (bicyclic) bond motifs is 2. The normalized spacial score (nSPS) is 10.9. The van der Waals surface area contributed by atoms with E-state index < -0.39 is 4.92 Å². The lowest BCUT2D eigenvalue weighted by Crippen LogP contribution is -1.87. The van der Waals surface area contributed by atoms with Crippen LogP contribution < -0.4 is 5.73 Å². The summed E-state index contributed by atoms with van der Waals surface area (Å²) in [5.74, 6) is 1.07. The van der Waals surface area contributed by atoms with Crippen LogP contribution in [-0.4, -0.2) is 14.9 Å². The Kier molecular flexibility index (Phi) is 7.00. The van der Waals surface area contributed by atoms with Gasteiger partial charge in [0, 0.05) is 37.9 Å². The molecule has 38 heavy (non-hydrogen) atoms. The predicted molar refractivity (Wildman–Crippen MR) is 155 cm³/mol. The van der Waals surface area contributed by atoms with Crippen molar-refractivity contribution in [2.75, 3.05) is 5.73 Å². The number of aryl methyl sites for hydroxylation is 2. The SMILES string of the molecule is Cc1cc(Br)cc2nc(-c3ccc(N)cc3)oc12.Cc1cc(Br)cc2nc(-c3ccc([N+](=O)[O-])cc3)oc12. The molecule has 2 N–H and O–H groups in total. The molecule has 2 aromatic heterocycles. The number of nitrogen functional groups attached to an aromatic ring is 1. The fourth-order valence-electron chi connectivity index (χ4n) is 3.91. The summed E-state index contributed by atoms with van der Waals surface area (Å²) in [7, 11) is 0. The van der Waals surface area contributed by atoms with Gasteiger partial charge in [-0.2, -0.15) is 0 Å². The molecule has 0 aliphatic heterocycles. The quantitative estimate of drug-likeness (QED) is 0.117. The number of halogens is 2. The highest BCUT2D eigenvalue weighted by Crippen LogP contribution is 2.31. The highest BCUT2D eigenvalue weighted by molar-refractivity contribution is 9.10. The average molecular weight is 636 g/mol. The molecule has 6 aromatic rings. The number of oxazole rings is 2. The molecule has 0 fully saturated rings. The summed E-state index contributed by atoms with van der Waals surface area (Å²) < 4.78 is 13.5. The van der Waals surface area contributed by atoms with Crippen molar-refractivity contribution in [2.24, 2.45) is 0 Å². The van der Waals surface area contributed by atoms with Crippen molar-refractivity contribution >= 4 is 65.4 Å². The summed E-state index contributed by atoms with van der Waals surface area (Å²) in [6.45, 7) is 3.95. The molecule has 2 heterocycles. The second kappa shape index (κ2) is 10.4. The highest BCUT2D eigenvalue weighted by Gasteiger charge is 2.13. The fraction of sp³-hybridized carbons (Fsp3) is 0.0714. The molecular formula is C28H20Br2N4O4. The van der Waals surface area contributed by atoms with Crippen LogP contribution in [0.3, 0.4) is 0 Å². The van der Waals surface area contributed by atoms with Gasteiger partial charge in [0.2, 0.25) is 11.8 Å². The molecule has 0 atom stereocenters. The van der Waals surface area contributed by atoms with Crippen molar-refractivity contribution < 1.29 is 13.8 Å². The van der Waals surface area contributed by atoms with E-state index in [0.29, 0.717) is 17.3 Å². The molecule has 6 rings (SSSR count). The number of anilines is 1. The molecular weight excluding hydrogens is 616 g/mol. The van der Waals surface area contributed by atoms with Crippen LogP contribution in [0.2, 0.25) is 0 Å². The minimum Gasteiger partial charge on any atom is -0.436 e. The number of nitrogens with two attached hydrogens (primary N) is 1. The molecule has 0 radical (unpaired) electrons. The fourth-order valence-corrected chi connectivity index (χ4v) is 5.03. The summed E-state index contributed by atoms with van der Waals surface area (Å²) in [6, 6.07) is 21.4. The minimum absolute atomic E-state index is 0.0452. The molecule has 10 heteroatoms. The molecule has 0 unspecified atom stereocenters. The Morgan fingerprint density at radius 1 is 0.737 bits per heavy atom. The number of hydrogen-bond acceptors (Lipinski definition) is 7. The van der Waals surface area contributed by atoms with Crippen LogP contribution in [0.1, 0.15) is 11.1 Å². The van der Waals surface area contributed by atoms with Crippen LogP contribution >= 0.6 is 31.9 Å².